The quantitative estimate of drug-likeness (QED) is 0.894. The van der Waals surface area contributed by atoms with Gasteiger partial charge >= 0.3 is 0 Å². The number of thiophene rings is 1. The number of benzene rings is 1. The van der Waals surface area contributed by atoms with Crippen LogP contribution in [0.5, 0.6) is 0 Å². The maximum absolute atomic E-state index is 12.4. The normalized spacial score (nSPS) is 22.3. The van der Waals surface area contributed by atoms with Gasteiger partial charge in [-0.3, -0.25) is 4.79 Å². The predicted molar refractivity (Wildman–Crippen MR) is 82.3 cm³/mol. The molecule has 2 atom stereocenters. The van der Waals surface area contributed by atoms with Gasteiger partial charge in [-0.2, -0.15) is 0 Å². The molecule has 1 amide bonds. The van der Waals surface area contributed by atoms with E-state index in [1.165, 1.54) is 16.9 Å². The van der Waals surface area contributed by atoms with Gasteiger partial charge in [0.05, 0.1) is 17.8 Å². The maximum Gasteiger partial charge on any atom is 0.263 e. The molecule has 0 spiro atoms. The number of carbonyl (C=O) groups excluding carboxylic acids is 1. The summed E-state index contributed by atoms with van der Waals surface area (Å²) in [5, 5.41) is 3.99. The van der Waals surface area contributed by atoms with Crippen molar-refractivity contribution in [1.29, 1.82) is 0 Å². The van der Waals surface area contributed by atoms with Crippen molar-refractivity contribution in [3.8, 4) is 0 Å². The van der Waals surface area contributed by atoms with Crippen molar-refractivity contribution in [2.45, 2.75) is 32.4 Å². The van der Waals surface area contributed by atoms with E-state index in [-0.39, 0.29) is 18.1 Å². The second-order valence-electron chi connectivity index (χ2n) is 5.29. The Kier molecular flexibility index (Phi) is 3.40. The fourth-order valence-corrected chi connectivity index (χ4v) is 3.67. The van der Waals surface area contributed by atoms with E-state index in [2.05, 4.69) is 11.4 Å². The Balaban J connectivity index is 1.89. The van der Waals surface area contributed by atoms with Gasteiger partial charge < -0.3 is 15.8 Å². The first-order chi connectivity index (χ1) is 9.56. The number of aryl methyl sites for hydroxylation is 1. The molecule has 106 valence electrons. The van der Waals surface area contributed by atoms with E-state index in [0.29, 0.717) is 17.2 Å². The van der Waals surface area contributed by atoms with Crippen molar-refractivity contribution in [2.24, 2.45) is 0 Å². The first-order valence-corrected chi connectivity index (χ1v) is 7.59. The summed E-state index contributed by atoms with van der Waals surface area (Å²) < 4.78 is 6.52. The average Bonchev–Trinajstić information content (AvgIpc) is 2.94. The Bertz CT molecular complexity index is 665. The molecule has 1 aromatic heterocycles. The third-order valence-corrected chi connectivity index (χ3v) is 4.95. The molecule has 5 heteroatoms. The SMILES string of the molecule is Cc1ccc2c(N)c(C(=O)NC3CCOC3C)sc2c1. The molecule has 1 aliphatic heterocycles. The number of carbonyl (C=O) groups is 1. The van der Waals surface area contributed by atoms with Crippen LogP contribution >= 0.6 is 11.3 Å². The molecule has 3 rings (SSSR count). The largest absolute Gasteiger partial charge is 0.397 e. The van der Waals surface area contributed by atoms with E-state index >= 15 is 0 Å². The Morgan fingerprint density at radius 1 is 1.50 bits per heavy atom. The average molecular weight is 290 g/mol. The fraction of sp³-hybridized carbons (Fsp3) is 0.400. The van der Waals surface area contributed by atoms with Gasteiger partial charge in [0.2, 0.25) is 0 Å². The number of nitrogen functional groups attached to an aromatic ring is 1. The lowest BCUT2D eigenvalue weighted by Gasteiger charge is -2.15. The van der Waals surface area contributed by atoms with Crippen LogP contribution in [-0.4, -0.2) is 24.7 Å². The van der Waals surface area contributed by atoms with Crippen LogP contribution in [0.25, 0.3) is 10.1 Å². The molecule has 0 radical (unpaired) electrons. The highest BCUT2D eigenvalue weighted by Gasteiger charge is 2.27. The second-order valence-corrected chi connectivity index (χ2v) is 6.34. The number of fused-ring (bicyclic) bond motifs is 1. The first-order valence-electron chi connectivity index (χ1n) is 6.77. The number of nitrogens with two attached hydrogens (primary N) is 1. The highest BCUT2D eigenvalue weighted by Crippen LogP contribution is 2.34. The van der Waals surface area contributed by atoms with Crippen molar-refractivity contribution >= 4 is 33.0 Å². The second kappa shape index (κ2) is 5.07. The third-order valence-electron chi connectivity index (χ3n) is 3.78. The molecule has 1 aliphatic rings. The summed E-state index contributed by atoms with van der Waals surface area (Å²) in [5.74, 6) is -0.0938. The van der Waals surface area contributed by atoms with Crippen molar-refractivity contribution < 1.29 is 9.53 Å². The molecular weight excluding hydrogens is 272 g/mol. The monoisotopic (exact) mass is 290 g/mol. The molecule has 2 unspecified atom stereocenters. The topological polar surface area (TPSA) is 64.4 Å². The predicted octanol–water partition coefficient (Wildman–Crippen LogP) is 2.70. The molecule has 1 aromatic carbocycles. The van der Waals surface area contributed by atoms with Crippen LogP contribution in [0.4, 0.5) is 5.69 Å². The molecule has 0 saturated carbocycles. The smallest absolute Gasteiger partial charge is 0.263 e. The van der Waals surface area contributed by atoms with Gasteiger partial charge in [0.25, 0.3) is 5.91 Å². The van der Waals surface area contributed by atoms with Crippen LogP contribution in [0.15, 0.2) is 18.2 Å². The number of rotatable bonds is 2. The first kappa shape index (κ1) is 13.4. The Labute approximate surface area is 121 Å². The standard InChI is InChI=1S/C15H18N2O2S/c1-8-3-4-10-12(7-8)20-14(13(10)16)15(18)17-11-5-6-19-9(11)2/h3-4,7,9,11H,5-6,16H2,1-2H3,(H,17,18). The molecule has 20 heavy (non-hydrogen) atoms. The number of hydrogen-bond acceptors (Lipinski definition) is 4. The van der Waals surface area contributed by atoms with Crippen molar-refractivity contribution in [3.05, 3.63) is 28.6 Å². The van der Waals surface area contributed by atoms with E-state index in [1.807, 2.05) is 26.0 Å². The summed E-state index contributed by atoms with van der Waals surface area (Å²) in [6.07, 6.45) is 0.924. The van der Waals surface area contributed by atoms with E-state index in [9.17, 15) is 4.79 Å². The molecule has 2 heterocycles. The lowest BCUT2D eigenvalue weighted by molar-refractivity contribution is 0.0870. The highest BCUT2D eigenvalue weighted by atomic mass is 32.1. The summed E-state index contributed by atoms with van der Waals surface area (Å²) >= 11 is 1.45. The summed E-state index contributed by atoms with van der Waals surface area (Å²) in [5.41, 5.74) is 7.86. The number of ether oxygens (including phenoxy) is 1. The number of hydrogen-bond donors (Lipinski definition) is 2. The van der Waals surface area contributed by atoms with Crippen molar-refractivity contribution in [1.82, 2.24) is 5.32 Å². The van der Waals surface area contributed by atoms with Gasteiger partial charge in [-0.1, -0.05) is 12.1 Å². The lowest BCUT2D eigenvalue weighted by atomic mass is 10.1. The number of amides is 1. The molecular formula is C15H18N2O2S. The lowest BCUT2D eigenvalue weighted by Crippen LogP contribution is -2.39. The van der Waals surface area contributed by atoms with E-state index in [0.717, 1.165) is 16.5 Å². The van der Waals surface area contributed by atoms with Crippen LogP contribution in [0.2, 0.25) is 0 Å². The molecule has 0 aliphatic carbocycles. The minimum Gasteiger partial charge on any atom is -0.397 e. The van der Waals surface area contributed by atoms with Crippen LogP contribution < -0.4 is 11.1 Å². The van der Waals surface area contributed by atoms with Crippen LogP contribution in [0, 0.1) is 6.92 Å². The van der Waals surface area contributed by atoms with Crippen LogP contribution in [0.1, 0.15) is 28.6 Å². The van der Waals surface area contributed by atoms with Gasteiger partial charge in [-0.25, -0.2) is 0 Å². The van der Waals surface area contributed by atoms with E-state index in [4.69, 9.17) is 10.5 Å². The van der Waals surface area contributed by atoms with E-state index < -0.39 is 0 Å². The molecule has 3 N–H and O–H groups in total. The van der Waals surface area contributed by atoms with Gasteiger partial charge in [0.1, 0.15) is 4.88 Å². The zero-order valence-corrected chi connectivity index (χ0v) is 12.4. The van der Waals surface area contributed by atoms with Crippen LogP contribution in [0.3, 0.4) is 0 Å². The van der Waals surface area contributed by atoms with Crippen molar-refractivity contribution in [2.75, 3.05) is 12.3 Å². The fourth-order valence-electron chi connectivity index (χ4n) is 2.55. The molecule has 1 fully saturated rings. The summed E-state index contributed by atoms with van der Waals surface area (Å²) in [6.45, 7) is 4.72. The molecule has 4 nitrogen and oxygen atoms in total. The van der Waals surface area contributed by atoms with Gasteiger partial charge in [-0.15, -0.1) is 11.3 Å². The third kappa shape index (κ3) is 2.27. The molecule has 1 saturated heterocycles. The summed E-state index contributed by atoms with van der Waals surface area (Å²) in [6, 6.07) is 6.14. The number of anilines is 1. The number of nitrogens with one attached hydrogen (secondary N) is 1. The highest BCUT2D eigenvalue weighted by molar-refractivity contribution is 7.21. The summed E-state index contributed by atoms with van der Waals surface area (Å²) in [4.78, 5) is 13.0. The maximum atomic E-state index is 12.4. The zero-order valence-electron chi connectivity index (χ0n) is 11.6. The minimum absolute atomic E-state index is 0.0665. The molecule has 2 aromatic rings. The van der Waals surface area contributed by atoms with Gasteiger partial charge in [0.15, 0.2) is 0 Å². The summed E-state index contributed by atoms with van der Waals surface area (Å²) in [7, 11) is 0. The zero-order chi connectivity index (χ0) is 14.3. The van der Waals surface area contributed by atoms with Gasteiger partial charge in [0, 0.05) is 16.7 Å². The van der Waals surface area contributed by atoms with Crippen LogP contribution in [-0.2, 0) is 4.74 Å². The van der Waals surface area contributed by atoms with E-state index in [1.54, 1.807) is 0 Å². The van der Waals surface area contributed by atoms with Gasteiger partial charge in [-0.05, 0) is 31.9 Å². The Morgan fingerprint density at radius 3 is 3.00 bits per heavy atom. The minimum atomic E-state index is -0.0938. The Morgan fingerprint density at radius 2 is 2.30 bits per heavy atom. The van der Waals surface area contributed by atoms with Crippen molar-refractivity contribution in [3.63, 3.8) is 0 Å². The molecule has 0 bridgehead atoms. The Hall–Kier alpha value is -1.59.